The number of anilines is 3. The van der Waals surface area contributed by atoms with Crippen LogP contribution >= 0.6 is 0 Å². The second-order valence-corrected chi connectivity index (χ2v) is 15.9. The van der Waals surface area contributed by atoms with Crippen molar-refractivity contribution in [2.24, 2.45) is 0 Å². The van der Waals surface area contributed by atoms with Gasteiger partial charge in [-0.2, -0.15) is 0 Å². The monoisotopic (exact) mass is 766 g/mol. The van der Waals surface area contributed by atoms with Crippen LogP contribution in [-0.4, -0.2) is 25.7 Å². The van der Waals surface area contributed by atoms with Crippen LogP contribution < -0.4 is 31.0 Å². The van der Waals surface area contributed by atoms with E-state index in [9.17, 15) is 4.79 Å². The van der Waals surface area contributed by atoms with Gasteiger partial charge in [0, 0.05) is 22.6 Å². The zero-order chi connectivity index (χ0) is 39.6. The van der Waals surface area contributed by atoms with E-state index in [0.717, 1.165) is 38.5 Å². The van der Waals surface area contributed by atoms with Gasteiger partial charge in [0.25, 0.3) is 5.91 Å². The zero-order valence-corrected chi connectivity index (χ0v) is 35.8. The van der Waals surface area contributed by atoms with Crippen LogP contribution in [0.5, 0.6) is 17.2 Å². The Morgan fingerprint density at radius 3 is 1.09 bits per heavy atom. The number of ether oxygens (including phenoxy) is 3. The van der Waals surface area contributed by atoms with Crippen LogP contribution in [0.25, 0.3) is 0 Å². The third kappa shape index (κ3) is 24.2. The van der Waals surface area contributed by atoms with E-state index in [1.165, 1.54) is 148 Å². The molecule has 1 amide bonds. The van der Waals surface area contributed by atoms with Crippen LogP contribution in [0, 0.1) is 0 Å². The van der Waals surface area contributed by atoms with E-state index in [4.69, 9.17) is 25.7 Å². The fraction of sp³-hybridized carbons (Fsp3) is 0.729. The minimum atomic E-state index is -0.275. The predicted octanol–water partition coefficient (Wildman–Crippen LogP) is 14.6. The number of nitrogen functional groups attached to an aromatic ring is 2. The molecule has 0 fully saturated rings. The molecule has 7 heteroatoms. The van der Waals surface area contributed by atoms with Crippen molar-refractivity contribution in [2.45, 2.75) is 207 Å². The first kappa shape index (κ1) is 48.1. The summed E-state index contributed by atoms with van der Waals surface area (Å²) in [5.74, 6) is 1.49. The molecule has 0 aliphatic rings. The van der Waals surface area contributed by atoms with E-state index in [1.807, 2.05) is 0 Å². The van der Waals surface area contributed by atoms with Crippen LogP contribution in [0.4, 0.5) is 17.1 Å². The number of carbonyl (C=O) groups is 1. The number of nitrogens with one attached hydrogen (secondary N) is 1. The smallest absolute Gasteiger partial charge is 0.255 e. The number of hydrogen-bond donors (Lipinski definition) is 3. The van der Waals surface area contributed by atoms with Crippen molar-refractivity contribution < 1.29 is 19.0 Å². The highest BCUT2D eigenvalue weighted by Gasteiger charge is 2.20. The molecule has 0 atom stereocenters. The van der Waals surface area contributed by atoms with E-state index in [-0.39, 0.29) is 5.91 Å². The molecule has 5 N–H and O–H groups in total. The highest BCUT2D eigenvalue weighted by Crippen LogP contribution is 2.40. The van der Waals surface area contributed by atoms with Crippen LogP contribution in [0.2, 0.25) is 0 Å². The molecule has 0 radical (unpaired) electrons. The van der Waals surface area contributed by atoms with Crippen molar-refractivity contribution in [1.82, 2.24) is 0 Å². The molecule has 0 saturated carbocycles. The summed E-state index contributed by atoms with van der Waals surface area (Å²) in [6.45, 7) is 8.53. The summed E-state index contributed by atoms with van der Waals surface area (Å²) in [7, 11) is 0. The summed E-state index contributed by atoms with van der Waals surface area (Å²) in [4.78, 5) is 13.7. The Bertz CT molecular complexity index is 1220. The fourth-order valence-corrected chi connectivity index (χ4v) is 7.15. The van der Waals surface area contributed by atoms with Gasteiger partial charge >= 0.3 is 0 Å². The summed E-state index contributed by atoms with van der Waals surface area (Å²) in [5.41, 5.74) is 14.0. The van der Waals surface area contributed by atoms with Crippen molar-refractivity contribution in [1.29, 1.82) is 0 Å². The number of carbonyl (C=O) groups excluding carboxylic acids is 1. The van der Waals surface area contributed by atoms with E-state index in [2.05, 4.69) is 26.1 Å². The number of hydrogen-bond acceptors (Lipinski definition) is 6. The maximum absolute atomic E-state index is 13.7. The van der Waals surface area contributed by atoms with E-state index < -0.39 is 0 Å². The standard InChI is InChI=1S/C48H83N3O4/c1-4-7-10-13-16-19-22-25-28-31-34-54-46-37-41(48(52)51-44-39-42(49)38-43(50)40-44)36-45(53-33-30-27-24-21-18-15-12-9-6-3)47(46)55-35-32-29-26-23-20-17-14-11-8-5-2/h36-40H,4-35,49-50H2,1-3H3,(H,51,52). The SMILES string of the molecule is CCCCCCCCCCCCOc1cc(C(=O)Nc2cc(N)cc(N)c2)cc(OCCCCCCCCCCC)c1OCCCCCCCCCCCC. The normalized spacial score (nSPS) is 11.2. The topological polar surface area (TPSA) is 109 Å². The van der Waals surface area contributed by atoms with E-state index in [0.29, 0.717) is 59.7 Å². The second kappa shape index (κ2) is 33.1. The lowest BCUT2D eigenvalue weighted by atomic mass is 10.1. The third-order valence-corrected chi connectivity index (χ3v) is 10.5. The van der Waals surface area contributed by atoms with Gasteiger partial charge in [0.15, 0.2) is 11.5 Å². The summed E-state index contributed by atoms with van der Waals surface area (Å²) >= 11 is 0. The third-order valence-electron chi connectivity index (χ3n) is 10.5. The lowest BCUT2D eigenvalue weighted by Gasteiger charge is -2.19. The molecule has 7 nitrogen and oxygen atoms in total. The number of unbranched alkanes of at least 4 members (excludes halogenated alkanes) is 26. The predicted molar refractivity (Wildman–Crippen MR) is 237 cm³/mol. The average Bonchev–Trinajstić information content (AvgIpc) is 3.16. The molecule has 2 rings (SSSR count). The maximum Gasteiger partial charge on any atom is 0.255 e. The maximum atomic E-state index is 13.7. The van der Waals surface area contributed by atoms with Gasteiger partial charge in [0.05, 0.1) is 19.8 Å². The molecule has 0 aromatic heterocycles. The van der Waals surface area contributed by atoms with Gasteiger partial charge in [-0.1, -0.05) is 188 Å². The van der Waals surface area contributed by atoms with Gasteiger partial charge in [-0.15, -0.1) is 0 Å². The van der Waals surface area contributed by atoms with Crippen LogP contribution in [0.1, 0.15) is 217 Å². The Kier molecular flexibility index (Phi) is 28.9. The second-order valence-electron chi connectivity index (χ2n) is 15.9. The summed E-state index contributed by atoms with van der Waals surface area (Å²) in [6.07, 6.45) is 36.5. The minimum Gasteiger partial charge on any atom is -0.490 e. The molecular weight excluding hydrogens is 683 g/mol. The largest absolute Gasteiger partial charge is 0.490 e. The highest BCUT2D eigenvalue weighted by molar-refractivity contribution is 6.05. The number of rotatable bonds is 37. The number of nitrogens with two attached hydrogens (primary N) is 2. The van der Waals surface area contributed by atoms with E-state index >= 15 is 0 Å². The van der Waals surface area contributed by atoms with Gasteiger partial charge in [-0.05, 0) is 49.6 Å². The summed E-state index contributed by atoms with van der Waals surface area (Å²) in [6, 6.07) is 8.71. The van der Waals surface area contributed by atoms with Crippen molar-refractivity contribution in [3.63, 3.8) is 0 Å². The first-order chi connectivity index (χ1) is 27.0. The van der Waals surface area contributed by atoms with Gasteiger partial charge in [0.2, 0.25) is 5.75 Å². The van der Waals surface area contributed by atoms with Crippen LogP contribution in [0.15, 0.2) is 30.3 Å². The Morgan fingerprint density at radius 1 is 0.436 bits per heavy atom. The van der Waals surface area contributed by atoms with Crippen molar-refractivity contribution in [3.05, 3.63) is 35.9 Å². The van der Waals surface area contributed by atoms with Gasteiger partial charge in [-0.3, -0.25) is 4.79 Å². The molecular formula is C48H83N3O4. The van der Waals surface area contributed by atoms with Crippen LogP contribution in [0.3, 0.4) is 0 Å². The van der Waals surface area contributed by atoms with Crippen molar-refractivity contribution in [3.8, 4) is 17.2 Å². The molecule has 2 aromatic carbocycles. The molecule has 0 bridgehead atoms. The lowest BCUT2D eigenvalue weighted by molar-refractivity contribution is 0.102. The molecule has 0 saturated heterocycles. The van der Waals surface area contributed by atoms with E-state index in [1.54, 1.807) is 30.3 Å². The Hall–Kier alpha value is -3.09. The minimum absolute atomic E-state index is 0.275. The first-order valence-electron chi connectivity index (χ1n) is 23.0. The molecule has 0 aliphatic heterocycles. The molecule has 0 spiro atoms. The molecule has 55 heavy (non-hydrogen) atoms. The highest BCUT2D eigenvalue weighted by atomic mass is 16.5. The first-order valence-corrected chi connectivity index (χ1v) is 23.0. The Labute approximate surface area is 337 Å². The quantitative estimate of drug-likeness (QED) is 0.0467. The number of amides is 1. The summed E-state index contributed by atoms with van der Waals surface area (Å²) in [5, 5.41) is 2.97. The summed E-state index contributed by atoms with van der Waals surface area (Å²) < 4.78 is 19.4. The molecule has 0 heterocycles. The molecule has 0 aliphatic carbocycles. The van der Waals surface area contributed by atoms with Gasteiger partial charge < -0.3 is 31.0 Å². The number of benzene rings is 2. The van der Waals surface area contributed by atoms with Gasteiger partial charge in [-0.25, -0.2) is 0 Å². The van der Waals surface area contributed by atoms with Crippen molar-refractivity contribution >= 4 is 23.0 Å². The van der Waals surface area contributed by atoms with Crippen molar-refractivity contribution in [2.75, 3.05) is 36.6 Å². The zero-order valence-electron chi connectivity index (χ0n) is 35.8. The fourth-order valence-electron chi connectivity index (χ4n) is 7.15. The molecule has 0 unspecified atom stereocenters. The molecule has 314 valence electrons. The average molecular weight is 766 g/mol. The molecule has 2 aromatic rings. The van der Waals surface area contributed by atoms with Gasteiger partial charge in [0.1, 0.15) is 0 Å². The lowest BCUT2D eigenvalue weighted by Crippen LogP contribution is -2.14. The van der Waals surface area contributed by atoms with Crippen LogP contribution in [-0.2, 0) is 0 Å². The Morgan fingerprint density at radius 2 is 0.745 bits per heavy atom. The Balaban J connectivity index is 2.09.